The maximum Gasteiger partial charge on any atom is 0.271 e. The van der Waals surface area contributed by atoms with Gasteiger partial charge in [0.2, 0.25) is 0 Å². The van der Waals surface area contributed by atoms with Crippen LogP contribution in [0.2, 0.25) is 0 Å². The molecule has 1 amide bonds. The van der Waals surface area contributed by atoms with Crippen molar-refractivity contribution in [2.75, 3.05) is 4.72 Å². The minimum absolute atomic E-state index is 0.219. The molecule has 33 heavy (non-hydrogen) atoms. The fraction of sp³-hybridized carbons (Fsp3) is 0.0435. The molecule has 10 heteroatoms. The molecule has 3 heterocycles. The molecule has 2 aromatic carbocycles. The number of carbonyl (C=O) groups is 1. The van der Waals surface area contributed by atoms with Crippen LogP contribution in [0.15, 0.2) is 86.8 Å². The summed E-state index contributed by atoms with van der Waals surface area (Å²) in [5.74, 6) is 0.973. The average Bonchev–Trinajstić information content (AvgIpc) is 3.58. The first-order chi connectivity index (χ1) is 16.0. The molecule has 166 valence electrons. The molecule has 0 bridgehead atoms. The molecular formula is C23H17N3O4S3. The van der Waals surface area contributed by atoms with Crippen molar-refractivity contribution in [1.82, 2.24) is 10.3 Å². The summed E-state index contributed by atoms with van der Waals surface area (Å²) in [6.07, 6.45) is 0. The summed E-state index contributed by atoms with van der Waals surface area (Å²) >= 11 is 2.68. The number of furan rings is 1. The first-order valence-electron chi connectivity index (χ1n) is 9.87. The number of anilines is 1. The number of benzene rings is 2. The van der Waals surface area contributed by atoms with Gasteiger partial charge in [0.25, 0.3) is 15.9 Å². The van der Waals surface area contributed by atoms with Gasteiger partial charge in [-0.1, -0.05) is 18.2 Å². The monoisotopic (exact) mass is 495 g/mol. The third-order valence-corrected chi connectivity index (χ3v) is 8.58. The second-order valence-electron chi connectivity index (χ2n) is 7.05. The molecule has 7 nitrogen and oxygen atoms in total. The molecular weight excluding hydrogens is 478 g/mol. The predicted molar refractivity (Wildman–Crippen MR) is 130 cm³/mol. The van der Waals surface area contributed by atoms with Crippen molar-refractivity contribution in [3.63, 3.8) is 0 Å². The lowest BCUT2D eigenvalue weighted by atomic mass is 10.2. The number of nitrogens with zero attached hydrogens (tertiary/aromatic N) is 1. The minimum Gasteiger partial charge on any atom is -0.457 e. The lowest BCUT2D eigenvalue weighted by molar-refractivity contribution is 0.0948. The zero-order valence-corrected chi connectivity index (χ0v) is 19.5. The van der Waals surface area contributed by atoms with E-state index in [0.29, 0.717) is 22.8 Å². The summed E-state index contributed by atoms with van der Waals surface area (Å²) in [6.45, 7) is 0.219. The topological polar surface area (TPSA) is 101 Å². The van der Waals surface area contributed by atoms with Gasteiger partial charge < -0.3 is 9.73 Å². The Kier molecular flexibility index (Phi) is 5.71. The molecule has 0 aliphatic heterocycles. The Hall–Kier alpha value is -3.47. The Labute approximate surface area is 197 Å². The van der Waals surface area contributed by atoms with Crippen LogP contribution in [0.3, 0.4) is 0 Å². The van der Waals surface area contributed by atoms with E-state index in [1.54, 1.807) is 47.0 Å². The smallest absolute Gasteiger partial charge is 0.271 e. The summed E-state index contributed by atoms with van der Waals surface area (Å²) < 4.78 is 34.3. The molecule has 0 aliphatic rings. The SMILES string of the molecule is O=C(NCc1ccc(-c2nc3ccccc3s2)o1)c1ccc(NS(=O)(=O)c2cccs2)cc1. The minimum atomic E-state index is -3.63. The number of nitrogens with one attached hydrogen (secondary N) is 2. The first kappa shape index (κ1) is 21.4. The highest BCUT2D eigenvalue weighted by molar-refractivity contribution is 7.94. The molecule has 0 atom stereocenters. The van der Waals surface area contributed by atoms with E-state index in [1.807, 2.05) is 36.4 Å². The molecule has 0 saturated carbocycles. The Balaban J connectivity index is 1.21. The van der Waals surface area contributed by atoms with E-state index in [1.165, 1.54) is 6.07 Å². The fourth-order valence-electron chi connectivity index (χ4n) is 3.15. The number of amides is 1. The van der Waals surface area contributed by atoms with E-state index in [-0.39, 0.29) is 16.7 Å². The number of thiophene rings is 1. The molecule has 0 radical (unpaired) electrons. The van der Waals surface area contributed by atoms with Crippen LogP contribution in [0, 0.1) is 0 Å². The van der Waals surface area contributed by atoms with Crippen molar-refractivity contribution >= 4 is 54.5 Å². The van der Waals surface area contributed by atoms with Crippen LogP contribution in [-0.2, 0) is 16.6 Å². The molecule has 0 saturated heterocycles. The van der Waals surface area contributed by atoms with Crippen molar-refractivity contribution in [2.24, 2.45) is 0 Å². The summed E-state index contributed by atoms with van der Waals surface area (Å²) in [5.41, 5.74) is 1.71. The molecule has 5 rings (SSSR count). The third-order valence-electron chi connectivity index (χ3n) is 4.75. The number of aromatic nitrogens is 1. The lowest BCUT2D eigenvalue weighted by Gasteiger charge is -2.08. The largest absolute Gasteiger partial charge is 0.457 e. The van der Waals surface area contributed by atoms with Crippen LogP contribution < -0.4 is 10.0 Å². The number of rotatable bonds is 7. The van der Waals surface area contributed by atoms with Gasteiger partial charge in [0.1, 0.15) is 9.97 Å². The molecule has 0 fully saturated rings. The van der Waals surface area contributed by atoms with Crippen molar-refractivity contribution < 1.29 is 17.6 Å². The van der Waals surface area contributed by atoms with Crippen molar-refractivity contribution in [2.45, 2.75) is 10.8 Å². The van der Waals surface area contributed by atoms with Gasteiger partial charge in [0.15, 0.2) is 10.8 Å². The van der Waals surface area contributed by atoms with E-state index in [4.69, 9.17) is 4.42 Å². The van der Waals surface area contributed by atoms with Crippen LogP contribution >= 0.6 is 22.7 Å². The molecule has 0 aliphatic carbocycles. The van der Waals surface area contributed by atoms with Gasteiger partial charge >= 0.3 is 0 Å². The summed E-state index contributed by atoms with van der Waals surface area (Å²) in [7, 11) is -3.63. The maximum absolute atomic E-state index is 12.5. The van der Waals surface area contributed by atoms with Crippen molar-refractivity contribution in [1.29, 1.82) is 0 Å². The number of para-hydroxylation sites is 1. The molecule has 0 unspecified atom stereocenters. The maximum atomic E-state index is 12.5. The van der Waals surface area contributed by atoms with Gasteiger partial charge in [-0.3, -0.25) is 9.52 Å². The molecule has 5 aromatic rings. The Morgan fingerprint density at radius 2 is 1.79 bits per heavy atom. The predicted octanol–water partition coefficient (Wildman–Crippen LogP) is 5.35. The van der Waals surface area contributed by atoms with Crippen LogP contribution in [0.1, 0.15) is 16.1 Å². The molecule has 3 aromatic heterocycles. The van der Waals surface area contributed by atoms with Gasteiger partial charge in [0.05, 0.1) is 16.8 Å². The highest BCUT2D eigenvalue weighted by Crippen LogP contribution is 2.31. The van der Waals surface area contributed by atoms with E-state index in [2.05, 4.69) is 15.0 Å². The quantitative estimate of drug-likeness (QED) is 0.317. The zero-order chi connectivity index (χ0) is 22.8. The van der Waals surface area contributed by atoms with Gasteiger partial charge in [-0.25, -0.2) is 13.4 Å². The van der Waals surface area contributed by atoms with Crippen LogP contribution in [-0.4, -0.2) is 19.3 Å². The Bertz CT molecular complexity index is 1490. The average molecular weight is 496 g/mol. The number of hydrogen-bond acceptors (Lipinski definition) is 7. The van der Waals surface area contributed by atoms with Crippen molar-refractivity contribution in [3.8, 4) is 10.8 Å². The fourth-order valence-corrected chi connectivity index (χ4v) is 6.13. The number of sulfonamides is 1. The zero-order valence-electron chi connectivity index (χ0n) is 17.0. The number of thiazole rings is 1. The molecule has 0 spiro atoms. The van der Waals surface area contributed by atoms with Gasteiger partial charge in [0, 0.05) is 11.3 Å². The number of fused-ring (bicyclic) bond motifs is 1. The number of carbonyl (C=O) groups excluding carboxylic acids is 1. The van der Waals surface area contributed by atoms with Gasteiger partial charge in [-0.15, -0.1) is 22.7 Å². The Morgan fingerprint density at radius 1 is 0.970 bits per heavy atom. The number of hydrogen-bond donors (Lipinski definition) is 2. The van der Waals surface area contributed by atoms with Crippen LogP contribution in [0.25, 0.3) is 21.0 Å². The Morgan fingerprint density at radius 3 is 2.55 bits per heavy atom. The van der Waals surface area contributed by atoms with Crippen LogP contribution in [0.4, 0.5) is 5.69 Å². The van der Waals surface area contributed by atoms with Crippen LogP contribution in [0.5, 0.6) is 0 Å². The lowest BCUT2D eigenvalue weighted by Crippen LogP contribution is -2.22. The van der Waals surface area contributed by atoms with E-state index >= 15 is 0 Å². The summed E-state index contributed by atoms with van der Waals surface area (Å²) in [6, 6.07) is 21.0. The standard InChI is InChI=1S/C23H17N3O4S3/c27-22(15-7-9-16(10-8-15)26-33(28,29)21-6-3-13-31-21)24-14-17-11-12-19(30-17)23-25-18-4-1-2-5-20(18)32-23/h1-13,26H,14H2,(H,24,27). The highest BCUT2D eigenvalue weighted by Gasteiger charge is 2.16. The summed E-state index contributed by atoms with van der Waals surface area (Å²) in [5, 5.41) is 5.29. The second kappa shape index (κ2) is 8.81. The first-order valence-corrected chi connectivity index (χ1v) is 13.1. The summed E-state index contributed by atoms with van der Waals surface area (Å²) in [4.78, 5) is 17.1. The van der Waals surface area contributed by atoms with E-state index in [9.17, 15) is 13.2 Å². The van der Waals surface area contributed by atoms with E-state index in [0.717, 1.165) is 26.6 Å². The van der Waals surface area contributed by atoms with Crippen molar-refractivity contribution in [3.05, 3.63) is 89.5 Å². The molecule has 2 N–H and O–H groups in total. The van der Waals surface area contributed by atoms with Gasteiger partial charge in [-0.05, 0) is 60.0 Å². The second-order valence-corrected chi connectivity index (χ2v) is 10.9. The van der Waals surface area contributed by atoms with Gasteiger partial charge in [-0.2, -0.15) is 0 Å². The highest BCUT2D eigenvalue weighted by atomic mass is 32.2. The normalized spacial score (nSPS) is 11.5. The third kappa shape index (κ3) is 4.68. The van der Waals surface area contributed by atoms with E-state index < -0.39 is 10.0 Å².